The molecule has 1 amide bonds. The number of rotatable bonds is 3. The third-order valence-corrected chi connectivity index (χ3v) is 4.78. The van der Waals surface area contributed by atoms with E-state index in [1.165, 1.54) is 12.1 Å². The minimum Gasteiger partial charge on any atom is -0.493 e. The molecule has 1 unspecified atom stereocenters. The van der Waals surface area contributed by atoms with Crippen molar-refractivity contribution in [1.82, 2.24) is 5.32 Å². The summed E-state index contributed by atoms with van der Waals surface area (Å²) in [5, 5.41) is 12.0. The molecule has 2 aliphatic rings. The Kier molecular flexibility index (Phi) is 4.50. The van der Waals surface area contributed by atoms with Gasteiger partial charge in [-0.2, -0.15) is 0 Å². The summed E-state index contributed by atoms with van der Waals surface area (Å²) in [7, 11) is 0. The van der Waals surface area contributed by atoms with Crippen molar-refractivity contribution >= 4 is 11.9 Å². The van der Waals surface area contributed by atoms with Crippen LogP contribution >= 0.6 is 0 Å². The Morgan fingerprint density at radius 3 is 2.52 bits per heavy atom. The highest BCUT2D eigenvalue weighted by atomic mass is 19.1. The Morgan fingerprint density at radius 2 is 1.83 bits per heavy atom. The second-order valence-corrected chi connectivity index (χ2v) is 6.27. The molecule has 1 aromatic rings. The maximum atomic E-state index is 13.5. The third-order valence-electron chi connectivity index (χ3n) is 4.78. The van der Waals surface area contributed by atoms with Gasteiger partial charge in [0.2, 0.25) is 5.91 Å². The summed E-state index contributed by atoms with van der Waals surface area (Å²) in [4.78, 5) is 23.4. The summed E-state index contributed by atoms with van der Waals surface area (Å²) < 4.78 is 18.9. The van der Waals surface area contributed by atoms with Crippen molar-refractivity contribution < 1.29 is 23.8 Å². The molecule has 1 aliphatic carbocycles. The number of carboxylic acids is 1. The molecule has 0 radical (unpaired) electrons. The second-order valence-electron chi connectivity index (χ2n) is 6.27. The molecule has 0 aromatic heterocycles. The van der Waals surface area contributed by atoms with E-state index in [1.54, 1.807) is 6.07 Å². The van der Waals surface area contributed by atoms with Gasteiger partial charge in [-0.25, -0.2) is 4.39 Å². The average Bonchev–Trinajstić information content (AvgIpc) is 2.55. The van der Waals surface area contributed by atoms with E-state index in [2.05, 4.69) is 5.32 Å². The first-order valence-corrected chi connectivity index (χ1v) is 8.00. The maximum absolute atomic E-state index is 13.5. The number of nitrogens with one attached hydrogen (secondary N) is 1. The predicted molar refractivity (Wildman–Crippen MR) is 80.5 cm³/mol. The molecule has 0 spiro atoms. The van der Waals surface area contributed by atoms with Gasteiger partial charge in [0.25, 0.3) is 0 Å². The number of carboxylic acid groups (broad SMARTS) is 1. The number of halogens is 1. The van der Waals surface area contributed by atoms with Gasteiger partial charge >= 0.3 is 5.97 Å². The van der Waals surface area contributed by atoms with Crippen molar-refractivity contribution in [2.45, 2.75) is 38.1 Å². The van der Waals surface area contributed by atoms with Crippen LogP contribution in [0.1, 0.15) is 43.7 Å². The van der Waals surface area contributed by atoms with E-state index in [0.29, 0.717) is 50.0 Å². The fourth-order valence-corrected chi connectivity index (χ4v) is 3.41. The van der Waals surface area contributed by atoms with Crippen LogP contribution in [-0.4, -0.2) is 23.6 Å². The zero-order valence-electron chi connectivity index (χ0n) is 12.8. The lowest BCUT2D eigenvalue weighted by Gasteiger charge is -2.30. The van der Waals surface area contributed by atoms with E-state index in [1.807, 2.05) is 0 Å². The molecule has 6 heteroatoms. The van der Waals surface area contributed by atoms with E-state index in [0.717, 1.165) is 0 Å². The Hall–Kier alpha value is -2.11. The van der Waals surface area contributed by atoms with Gasteiger partial charge in [0, 0.05) is 17.9 Å². The SMILES string of the molecule is O=C(O)C1CCC(C(=O)NC2CCOc3ccc(F)cc32)CC1. The van der Waals surface area contributed by atoms with Crippen LogP contribution in [0.5, 0.6) is 5.75 Å². The molecule has 2 N–H and O–H groups in total. The van der Waals surface area contributed by atoms with Crippen LogP contribution in [0.15, 0.2) is 18.2 Å². The molecule has 1 heterocycles. The lowest BCUT2D eigenvalue weighted by molar-refractivity contribution is -0.144. The normalized spacial score (nSPS) is 26.7. The monoisotopic (exact) mass is 321 g/mol. The fourth-order valence-electron chi connectivity index (χ4n) is 3.41. The van der Waals surface area contributed by atoms with Crippen LogP contribution in [-0.2, 0) is 9.59 Å². The second kappa shape index (κ2) is 6.56. The van der Waals surface area contributed by atoms with Crippen molar-refractivity contribution in [3.8, 4) is 5.75 Å². The maximum Gasteiger partial charge on any atom is 0.306 e. The lowest BCUT2D eigenvalue weighted by Crippen LogP contribution is -2.38. The van der Waals surface area contributed by atoms with Gasteiger partial charge in [-0.3, -0.25) is 9.59 Å². The van der Waals surface area contributed by atoms with Crippen molar-refractivity contribution in [3.63, 3.8) is 0 Å². The Labute approximate surface area is 133 Å². The standard InChI is InChI=1S/C17H20FNO4/c18-12-5-6-15-13(9-12)14(7-8-23-15)19-16(20)10-1-3-11(4-2-10)17(21)22/h5-6,9-11,14H,1-4,7-8H2,(H,19,20)(H,21,22). The topological polar surface area (TPSA) is 75.6 Å². The average molecular weight is 321 g/mol. The number of amides is 1. The van der Waals surface area contributed by atoms with Gasteiger partial charge < -0.3 is 15.2 Å². The predicted octanol–water partition coefficient (Wildman–Crippen LogP) is 2.66. The van der Waals surface area contributed by atoms with Gasteiger partial charge in [-0.05, 0) is 43.9 Å². The zero-order valence-corrected chi connectivity index (χ0v) is 12.8. The fraction of sp³-hybridized carbons (Fsp3) is 0.529. The Balaban J connectivity index is 1.63. The number of benzene rings is 1. The van der Waals surface area contributed by atoms with Crippen LogP contribution in [0.3, 0.4) is 0 Å². The smallest absolute Gasteiger partial charge is 0.306 e. The molecular formula is C17H20FNO4. The van der Waals surface area contributed by atoms with E-state index in [-0.39, 0.29) is 29.6 Å². The quantitative estimate of drug-likeness (QED) is 0.897. The third kappa shape index (κ3) is 3.46. The van der Waals surface area contributed by atoms with Gasteiger partial charge in [0.15, 0.2) is 0 Å². The summed E-state index contributed by atoms with van der Waals surface area (Å²) >= 11 is 0. The molecule has 0 bridgehead atoms. The van der Waals surface area contributed by atoms with Gasteiger partial charge in [-0.1, -0.05) is 0 Å². The van der Waals surface area contributed by atoms with E-state index in [4.69, 9.17) is 9.84 Å². The highest BCUT2D eigenvalue weighted by Gasteiger charge is 2.32. The first-order valence-electron chi connectivity index (χ1n) is 8.00. The summed E-state index contributed by atoms with van der Waals surface area (Å²) in [5.41, 5.74) is 0.670. The number of carbonyl (C=O) groups is 2. The molecule has 5 nitrogen and oxygen atoms in total. The largest absolute Gasteiger partial charge is 0.493 e. The Morgan fingerprint density at radius 1 is 1.13 bits per heavy atom. The zero-order chi connectivity index (χ0) is 16.4. The number of ether oxygens (including phenoxy) is 1. The van der Waals surface area contributed by atoms with Crippen molar-refractivity contribution in [2.24, 2.45) is 11.8 Å². The molecule has 1 aromatic carbocycles. The first-order chi connectivity index (χ1) is 11.0. The number of carbonyl (C=O) groups excluding carboxylic acids is 1. The highest BCUT2D eigenvalue weighted by Crippen LogP contribution is 2.34. The van der Waals surface area contributed by atoms with Crippen molar-refractivity contribution in [3.05, 3.63) is 29.6 Å². The molecule has 1 fully saturated rings. The van der Waals surface area contributed by atoms with Crippen molar-refractivity contribution in [2.75, 3.05) is 6.61 Å². The number of fused-ring (bicyclic) bond motifs is 1. The molecule has 0 saturated heterocycles. The van der Waals surface area contributed by atoms with E-state index < -0.39 is 5.97 Å². The molecule has 1 saturated carbocycles. The molecule has 23 heavy (non-hydrogen) atoms. The lowest BCUT2D eigenvalue weighted by atomic mass is 9.81. The summed E-state index contributed by atoms with van der Waals surface area (Å²) in [6.45, 7) is 0.481. The van der Waals surface area contributed by atoms with Crippen LogP contribution in [0.2, 0.25) is 0 Å². The van der Waals surface area contributed by atoms with E-state index in [9.17, 15) is 14.0 Å². The molecule has 1 atom stereocenters. The van der Waals surface area contributed by atoms with Crippen LogP contribution < -0.4 is 10.1 Å². The van der Waals surface area contributed by atoms with Crippen LogP contribution in [0, 0.1) is 17.7 Å². The number of aliphatic carboxylic acids is 1. The van der Waals surface area contributed by atoms with Gasteiger partial charge in [0.1, 0.15) is 11.6 Å². The molecule has 124 valence electrons. The minimum absolute atomic E-state index is 0.0732. The number of hydrogen-bond donors (Lipinski definition) is 2. The highest BCUT2D eigenvalue weighted by molar-refractivity contribution is 5.80. The molecular weight excluding hydrogens is 301 g/mol. The van der Waals surface area contributed by atoms with Gasteiger partial charge in [0.05, 0.1) is 18.6 Å². The molecule has 1 aliphatic heterocycles. The minimum atomic E-state index is -0.780. The van der Waals surface area contributed by atoms with Crippen LogP contribution in [0.4, 0.5) is 4.39 Å². The summed E-state index contributed by atoms with van der Waals surface area (Å²) in [6, 6.07) is 4.08. The first kappa shape index (κ1) is 15.8. The molecule has 3 rings (SSSR count). The summed E-state index contributed by atoms with van der Waals surface area (Å²) in [5.74, 6) is -1.09. The van der Waals surface area contributed by atoms with E-state index >= 15 is 0 Å². The van der Waals surface area contributed by atoms with Crippen molar-refractivity contribution in [1.29, 1.82) is 0 Å². The Bertz CT molecular complexity index is 611. The number of hydrogen-bond acceptors (Lipinski definition) is 3. The van der Waals surface area contributed by atoms with Gasteiger partial charge in [-0.15, -0.1) is 0 Å². The van der Waals surface area contributed by atoms with Crippen LogP contribution in [0.25, 0.3) is 0 Å². The summed E-state index contributed by atoms with van der Waals surface area (Å²) in [6.07, 6.45) is 2.84.